The maximum Gasteiger partial charge on any atom is 0.343 e. The molecule has 3 rings (SSSR count). The van der Waals surface area contributed by atoms with Crippen molar-refractivity contribution in [3.63, 3.8) is 0 Å². The molecule has 170 valence electrons. The number of ether oxygens (including phenoxy) is 3. The summed E-state index contributed by atoms with van der Waals surface area (Å²) in [6.07, 6.45) is 1.40. The molecule has 3 aromatic rings. The Morgan fingerprint density at radius 3 is 2.48 bits per heavy atom. The molecule has 0 aliphatic carbocycles. The van der Waals surface area contributed by atoms with Crippen LogP contribution >= 0.6 is 15.9 Å². The largest absolute Gasteiger partial charge is 0.494 e. The van der Waals surface area contributed by atoms with Gasteiger partial charge in [-0.1, -0.05) is 34.1 Å². The third-order valence-corrected chi connectivity index (χ3v) is 4.91. The molecule has 0 aliphatic heterocycles. The molecule has 33 heavy (non-hydrogen) atoms. The van der Waals surface area contributed by atoms with Crippen LogP contribution in [-0.4, -0.2) is 31.3 Å². The van der Waals surface area contributed by atoms with Gasteiger partial charge in [0, 0.05) is 10.0 Å². The topological polar surface area (TPSA) is 86.2 Å². The number of esters is 1. The molecular weight excluding hydrogens is 488 g/mol. The summed E-state index contributed by atoms with van der Waals surface area (Å²) in [5.41, 5.74) is 4.22. The maximum absolute atomic E-state index is 12.5. The van der Waals surface area contributed by atoms with Crippen LogP contribution in [0.1, 0.15) is 28.4 Å². The van der Waals surface area contributed by atoms with Gasteiger partial charge in [0.15, 0.2) is 6.61 Å². The van der Waals surface area contributed by atoms with E-state index in [1.54, 1.807) is 48.5 Å². The Kier molecular flexibility index (Phi) is 8.60. The van der Waals surface area contributed by atoms with E-state index in [4.69, 9.17) is 14.2 Å². The van der Waals surface area contributed by atoms with Crippen molar-refractivity contribution in [3.05, 3.63) is 87.9 Å². The molecule has 8 heteroatoms. The molecule has 3 aromatic carbocycles. The second-order valence-corrected chi connectivity index (χ2v) is 7.79. The summed E-state index contributed by atoms with van der Waals surface area (Å²) >= 11 is 3.39. The number of hydrogen-bond donors (Lipinski definition) is 1. The summed E-state index contributed by atoms with van der Waals surface area (Å²) in [7, 11) is 0. The number of carbonyl (C=O) groups is 2. The van der Waals surface area contributed by atoms with Crippen LogP contribution in [0, 0.1) is 6.92 Å². The number of para-hydroxylation sites is 1. The molecule has 1 N–H and O–H groups in total. The number of amides is 1. The van der Waals surface area contributed by atoms with Gasteiger partial charge >= 0.3 is 5.97 Å². The minimum atomic E-state index is -0.523. The van der Waals surface area contributed by atoms with Crippen molar-refractivity contribution < 1.29 is 23.8 Å². The number of carbonyl (C=O) groups excluding carboxylic acids is 2. The summed E-state index contributed by atoms with van der Waals surface area (Å²) < 4.78 is 17.2. The highest BCUT2D eigenvalue weighted by Gasteiger charge is 2.12. The molecular formula is C25H23BrN2O5. The highest BCUT2D eigenvalue weighted by Crippen LogP contribution is 2.23. The van der Waals surface area contributed by atoms with Crippen LogP contribution in [0.15, 0.2) is 76.3 Å². The minimum Gasteiger partial charge on any atom is -0.494 e. The lowest BCUT2D eigenvalue weighted by Crippen LogP contribution is -2.24. The predicted molar refractivity (Wildman–Crippen MR) is 129 cm³/mol. The number of benzene rings is 3. The summed E-state index contributed by atoms with van der Waals surface area (Å²) in [6, 6.07) is 19.2. The van der Waals surface area contributed by atoms with Crippen LogP contribution in [0.4, 0.5) is 0 Å². The average Bonchev–Trinajstić information content (AvgIpc) is 2.81. The second kappa shape index (κ2) is 11.8. The number of hydrazone groups is 1. The summed E-state index contributed by atoms with van der Waals surface area (Å²) in [4.78, 5) is 24.6. The molecule has 0 aliphatic rings. The smallest absolute Gasteiger partial charge is 0.343 e. The number of aryl methyl sites for hydroxylation is 1. The molecule has 0 radical (unpaired) electrons. The Morgan fingerprint density at radius 2 is 1.76 bits per heavy atom. The van der Waals surface area contributed by atoms with E-state index in [0.29, 0.717) is 35.0 Å². The first-order valence-corrected chi connectivity index (χ1v) is 11.0. The molecule has 0 unspecified atom stereocenters. The van der Waals surface area contributed by atoms with Crippen LogP contribution in [0.3, 0.4) is 0 Å². The standard InChI is InChI=1S/C25H23BrN2O5/c1-3-31-21-11-8-18(9-12-21)25(30)33-23-13-10-20(26)14-19(23)15-27-28-24(29)16-32-22-7-5-4-6-17(22)2/h4-15H,3,16H2,1-2H3,(H,28,29). The van der Waals surface area contributed by atoms with E-state index in [9.17, 15) is 9.59 Å². The predicted octanol–water partition coefficient (Wildman–Crippen LogP) is 4.90. The fraction of sp³-hybridized carbons (Fsp3) is 0.160. The van der Waals surface area contributed by atoms with E-state index < -0.39 is 11.9 Å². The maximum atomic E-state index is 12.5. The van der Waals surface area contributed by atoms with Gasteiger partial charge in [-0.15, -0.1) is 0 Å². The third kappa shape index (κ3) is 7.18. The second-order valence-electron chi connectivity index (χ2n) is 6.88. The van der Waals surface area contributed by atoms with Gasteiger partial charge in [-0.2, -0.15) is 5.10 Å². The molecule has 0 aromatic heterocycles. The van der Waals surface area contributed by atoms with Gasteiger partial charge in [-0.05, 0) is 67.9 Å². The first-order chi connectivity index (χ1) is 16.0. The third-order valence-electron chi connectivity index (χ3n) is 4.42. The van der Waals surface area contributed by atoms with Crippen LogP contribution in [-0.2, 0) is 4.79 Å². The molecule has 0 fully saturated rings. The Morgan fingerprint density at radius 1 is 1.00 bits per heavy atom. The normalized spacial score (nSPS) is 10.6. The van der Waals surface area contributed by atoms with Crippen molar-refractivity contribution in [2.75, 3.05) is 13.2 Å². The molecule has 0 spiro atoms. The van der Waals surface area contributed by atoms with Gasteiger partial charge < -0.3 is 14.2 Å². The van der Waals surface area contributed by atoms with Crippen molar-refractivity contribution in [3.8, 4) is 17.2 Å². The lowest BCUT2D eigenvalue weighted by molar-refractivity contribution is -0.123. The number of rotatable bonds is 9. The molecule has 1 amide bonds. The Bertz CT molecular complexity index is 1150. The monoisotopic (exact) mass is 510 g/mol. The van der Waals surface area contributed by atoms with Gasteiger partial charge in [0.05, 0.1) is 18.4 Å². The Hall–Kier alpha value is -3.65. The van der Waals surface area contributed by atoms with Crippen molar-refractivity contribution in [1.29, 1.82) is 0 Å². The summed E-state index contributed by atoms with van der Waals surface area (Å²) in [5.74, 6) is 0.661. The number of nitrogens with one attached hydrogen (secondary N) is 1. The van der Waals surface area contributed by atoms with E-state index in [2.05, 4.69) is 26.5 Å². The van der Waals surface area contributed by atoms with Gasteiger partial charge in [-0.25, -0.2) is 10.2 Å². The molecule has 0 bridgehead atoms. The SMILES string of the molecule is CCOc1ccc(C(=O)Oc2ccc(Br)cc2C=NNC(=O)COc2ccccc2C)cc1. The van der Waals surface area contributed by atoms with E-state index in [1.165, 1.54) is 6.21 Å². The highest BCUT2D eigenvalue weighted by atomic mass is 79.9. The lowest BCUT2D eigenvalue weighted by Gasteiger charge is -2.09. The average molecular weight is 511 g/mol. The molecule has 0 atom stereocenters. The van der Waals surface area contributed by atoms with Gasteiger partial charge in [-0.3, -0.25) is 4.79 Å². The fourth-order valence-corrected chi connectivity index (χ4v) is 3.17. The first-order valence-electron chi connectivity index (χ1n) is 10.2. The zero-order valence-electron chi connectivity index (χ0n) is 18.2. The summed E-state index contributed by atoms with van der Waals surface area (Å²) in [5, 5.41) is 3.96. The quantitative estimate of drug-likeness (QED) is 0.191. The molecule has 0 saturated heterocycles. The number of hydrogen-bond acceptors (Lipinski definition) is 6. The van der Waals surface area contributed by atoms with Gasteiger partial charge in [0.25, 0.3) is 5.91 Å². The zero-order chi connectivity index (χ0) is 23.6. The number of halogens is 1. The Balaban J connectivity index is 1.61. The van der Waals surface area contributed by atoms with Crippen LogP contribution < -0.4 is 19.6 Å². The lowest BCUT2D eigenvalue weighted by atomic mass is 10.2. The molecule has 0 saturated carbocycles. The summed E-state index contributed by atoms with van der Waals surface area (Å²) in [6.45, 7) is 4.15. The Labute approximate surface area is 200 Å². The van der Waals surface area contributed by atoms with E-state index in [0.717, 1.165) is 10.0 Å². The van der Waals surface area contributed by atoms with Gasteiger partial charge in [0.2, 0.25) is 0 Å². The van der Waals surface area contributed by atoms with Crippen LogP contribution in [0.5, 0.6) is 17.2 Å². The van der Waals surface area contributed by atoms with Crippen molar-refractivity contribution in [1.82, 2.24) is 5.43 Å². The van der Waals surface area contributed by atoms with E-state index in [1.807, 2.05) is 32.0 Å². The minimum absolute atomic E-state index is 0.180. The number of nitrogens with zero attached hydrogens (tertiary/aromatic N) is 1. The zero-order valence-corrected chi connectivity index (χ0v) is 19.8. The van der Waals surface area contributed by atoms with Crippen LogP contribution in [0.25, 0.3) is 0 Å². The fourth-order valence-electron chi connectivity index (χ4n) is 2.79. The van der Waals surface area contributed by atoms with Crippen LogP contribution in [0.2, 0.25) is 0 Å². The van der Waals surface area contributed by atoms with E-state index >= 15 is 0 Å². The van der Waals surface area contributed by atoms with E-state index in [-0.39, 0.29) is 6.61 Å². The highest BCUT2D eigenvalue weighted by molar-refractivity contribution is 9.10. The molecule has 0 heterocycles. The van der Waals surface area contributed by atoms with Crippen molar-refractivity contribution in [2.45, 2.75) is 13.8 Å². The molecule has 7 nitrogen and oxygen atoms in total. The van der Waals surface area contributed by atoms with Crippen molar-refractivity contribution >= 4 is 34.0 Å². The van der Waals surface area contributed by atoms with Crippen molar-refractivity contribution in [2.24, 2.45) is 5.10 Å². The first kappa shape index (κ1) is 24.0. The van der Waals surface area contributed by atoms with Gasteiger partial charge in [0.1, 0.15) is 17.2 Å².